The fourth-order valence-corrected chi connectivity index (χ4v) is 1.04. The molecule has 70 valence electrons. The van der Waals surface area contributed by atoms with E-state index in [0.717, 1.165) is 11.3 Å². The van der Waals surface area contributed by atoms with Crippen LogP contribution in [-0.2, 0) is 4.79 Å². The first-order valence-corrected chi connectivity index (χ1v) is 4.20. The second-order valence-electron chi connectivity index (χ2n) is 3.33. The predicted octanol–water partition coefficient (Wildman–Crippen LogP) is 1.73. The summed E-state index contributed by atoms with van der Waals surface area (Å²) in [6.45, 7) is 5.69. The monoisotopic (exact) mass is 178 g/mol. The van der Waals surface area contributed by atoms with E-state index in [-0.39, 0.29) is 5.78 Å². The van der Waals surface area contributed by atoms with Gasteiger partial charge < -0.3 is 0 Å². The third kappa shape index (κ3) is 2.05. The molecule has 0 aliphatic carbocycles. The molecule has 0 saturated carbocycles. The van der Waals surface area contributed by atoms with Crippen LogP contribution in [-0.4, -0.2) is 24.1 Å². The van der Waals surface area contributed by atoms with Crippen molar-refractivity contribution >= 4 is 12.0 Å². The van der Waals surface area contributed by atoms with Gasteiger partial charge in [-0.2, -0.15) is 5.10 Å². The van der Waals surface area contributed by atoms with Gasteiger partial charge in [-0.15, -0.1) is 0 Å². The summed E-state index contributed by atoms with van der Waals surface area (Å²) in [6.07, 6.45) is 3.22. The van der Waals surface area contributed by atoms with E-state index in [0.29, 0.717) is 5.57 Å². The SMILES string of the molecule is CC1=CC(=O)C(=C(C)C)C=NN1C. The fourth-order valence-electron chi connectivity index (χ4n) is 1.04. The average molecular weight is 178 g/mol. The summed E-state index contributed by atoms with van der Waals surface area (Å²) in [7, 11) is 1.82. The fraction of sp³-hybridized carbons (Fsp3) is 0.400. The van der Waals surface area contributed by atoms with Crippen molar-refractivity contribution in [1.29, 1.82) is 0 Å². The van der Waals surface area contributed by atoms with Crippen LogP contribution in [0.1, 0.15) is 20.8 Å². The molecule has 0 bridgehead atoms. The van der Waals surface area contributed by atoms with Crippen molar-refractivity contribution in [3.63, 3.8) is 0 Å². The molecule has 13 heavy (non-hydrogen) atoms. The van der Waals surface area contributed by atoms with Crippen LogP contribution in [0, 0.1) is 0 Å². The Balaban J connectivity index is 3.16. The number of allylic oxidation sites excluding steroid dienone is 4. The highest BCUT2D eigenvalue weighted by Crippen LogP contribution is 2.11. The van der Waals surface area contributed by atoms with Crippen molar-refractivity contribution in [2.75, 3.05) is 7.05 Å². The lowest BCUT2D eigenvalue weighted by Gasteiger charge is -2.09. The Bertz CT molecular complexity index is 320. The van der Waals surface area contributed by atoms with Gasteiger partial charge in [-0.1, -0.05) is 5.57 Å². The summed E-state index contributed by atoms with van der Waals surface area (Å²) in [6, 6.07) is 0. The highest BCUT2D eigenvalue weighted by Gasteiger charge is 2.11. The van der Waals surface area contributed by atoms with Gasteiger partial charge in [0.25, 0.3) is 0 Å². The highest BCUT2D eigenvalue weighted by atomic mass is 16.1. The van der Waals surface area contributed by atoms with Gasteiger partial charge in [0.1, 0.15) is 0 Å². The molecule has 3 heteroatoms. The van der Waals surface area contributed by atoms with Crippen LogP contribution in [0.4, 0.5) is 0 Å². The zero-order chi connectivity index (χ0) is 10.0. The molecule has 0 saturated heterocycles. The second-order valence-corrected chi connectivity index (χ2v) is 3.33. The molecular weight excluding hydrogens is 164 g/mol. The van der Waals surface area contributed by atoms with Gasteiger partial charge in [0.05, 0.1) is 6.21 Å². The first kappa shape index (κ1) is 9.71. The van der Waals surface area contributed by atoms with Crippen LogP contribution in [0.5, 0.6) is 0 Å². The molecular formula is C10H14N2O. The van der Waals surface area contributed by atoms with E-state index in [1.165, 1.54) is 0 Å². The third-order valence-corrected chi connectivity index (χ3v) is 2.01. The summed E-state index contributed by atoms with van der Waals surface area (Å²) in [5, 5.41) is 5.81. The number of nitrogens with zero attached hydrogens (tertiary/aromatic N) is 2. The standard InChI is InChI=1S/C10H14N2O/c1-7(2)9-6-11-12(4)8(3)5-10(9)13/h5-6H,1-4H3. The van der Waals surface area contributed by atoms with Crippen LogP contribution in [0.25, 0.3) is 0 Å². The molecule has 0 fully saturated rings. The molecule has 0 spiro atoms. The zero-order valence-corrected chi connectivity index (χ0v) is 8.46. The lowest BCUT2D eigenvalue weighted by Crippen LogP contribution is -2.06. The average Bonchev–Trinajstić information content (AvgIpc) is 2.13. The minimum Gasteiger partial charge on any atom is -0.289 e. The maximum absolute atomic E-state index is 11.6. The number of hydrogen-bond donors (Lipinski definition) is 0. The molecule has 0 aromatic rings. The molecule has 0 unspecified atom stereocenters. The van der Waals surface area contributed by atoms with E-state index in [1.807, 2.05) is 27.8 Å². The summed E-state index contributed by atoms with van der Waals surface area (Å²) in [5.74, 6) is 0.0330. The molecule has 0 N–H and O–H groups in total. The Kier molecular flexibility index (Phi) is 2.66. The molecule has 0 aromatic heterocycles. The zero-order valence-electron chi connectivity index (χ0n) is 8.46. The largest absolute Gasteiger partial charge is 0.289 e. The van der Waals surface area contributed by atoms with Gasteiger partial charge in [0.15, 0.2) is 5.78 Å². The normalized spacial score (nSPS) is 17.2. The van der Waals surface area contributed by atoms with Crippen molar-refractivity contribution in [3.05, 3.63) is 22.9 Å². The molecule has 1 aliphatic rings. The molecule has 0 radical (unpaired) electrons. The number of ketones is 1. The highest BCUT2D eigenvalue weighted by molar-refractivity contribution is 6.19. The summed E-state index contributed by atoms with van der Waals surface area (Å²) in [4.78, 5) is 11.6. The molecule has 0 amide bonds. The van der Waals surface area contributed by atoms with Gasteiger partial charge in [0, 0.05) is 24.4 Å². The van der Waals surface area contributed by atoms with E-state index in [2.05, 4.69) is 5.10 Å². The quantitative estimate of drug-likeness (QED) is 0.529. The molecule has 0 aromatic carbocycles. The Hall–Kier alpha value is -1.38. The summed E-state index contributed by atoms with van der Waals surface area (Å²) in [5.41, 5.74) is 2.54. The van der Waals surface area contributed by atoms with Gasteiger partial charge in [0.2, 0.25) is 0 Å². The Morgan fingerprint density at radius 2 is 2.08 bits per heavy atom. The van der Waals surface area contributed by atoms with Gasteiger partial charge in [-0.3, -0.25) is 9.80 Å². The minimum absolute atomic E-state index is 0.0330. The van der Waals surface area contributed by atoms with Crippen molar-refractivity contribution in [3.8, 4) is 0 Å². The number of carbonyl (C=O) groups is 1. The van der Waals surface area contributed by atoms with Crippen LogP contribution < -0.4 is 0 Å². The molecule has 1 rings (SSSR count). The first-order chi connectivity index (χ1) is 6.02. The smallest absolute Gasteiger partial charge is 0.189 e. The molecule has 1 heterocycles. The number of hydrogen-bond acceptors (Lipinski definition) is 3. The topological polar surface area (TPSA) is 32.7 Å². The molecule has 1 aliphatic heterocycles. The lowest BCUT2D eigenvalue weighted by atomic mass is 10.1. The maximum Gasteiger partial charge on any atom is 0.189 e. The summed E-state index contributed by atoms with van der Waals surface area (Å²) >= 11 is 0. The third-order valence-electron chi connectivity index (χ3n) is 2.01. The minimum atomic E-state index is 0.0330. The first-order valence-electron chi connectivity index (χ1n) is 4.20. The number of hydrazone groups is 1. The number of rotatable bonds is 0. The second kappa shape index (κ2) is 3.56. The maximum atomic E-state index is 11.6. The van der Waals surface area contributed by atoms with E-state index < -0.39 is 0 Å². The van der Waals surface area contributed by atoms with E-state index in [4.69, 9.17) is 0 Å². The molecule has 3 nitrogen and oxygen atoms in total. The Morgan fingerprint density at radius 1 is 1.46 bits per heavy atom. The van der Waals surface area contributed by atoms with E-state index in [9.17, 15) is 4.79 Å². The van der Waals surface area contributed by atoms with Crippen LogP contribution in [0.2, 0.25) is 0 Å². The van der Waals surface area contributed by atoms with E-state index >= 15 is 0 Å². The van der Waals surface area contributed by atoms with Crippen molar-refractivity contribution in [2.45, 2.75) is 20.8 Å². The van der Waals surface area contributed by atoms with Crippen molar-refractivity contribution in [1.82, 2.24) is 5.01 Å². The van der Waals surface area contributed by atoms with E-state index in [1.54, 1.807) is 17.3 Å². The number of carbonyl (C=O) groups excluding carboxylic acids is 1. The predicted molar refractivity (Wildman–Crippen MR) is 53.4 cm³/mol. The summed E-state index contributed by atoms with van der Waals surface area (Å²) < 4.78 is 0. The van der Waals surface area contributed by atoms with Crippen molar-refractivity contribution < 1.29 is 4.79 Å². The van der Waals surface area contributed by atoms with Crippen LogP contribution in [0.15, 0.2) is 28.0 Å². The van der Waals surface area contributed by atoms with Gasteiger partial charge >= 0.3 is 0 Å². The van der Waals surface area contributed by atoms with Gasteiger partial charge in [-0.05, 0) is 20.8 Å². The van der Waals surface area contributed by atoms with Crippen molar-refractivity contribution in [2.24, 2.45) is 5.10 Å². The molecule has 0 atom stereocenters. The Labute approximate surface area is 78.4 Å². The van der Waals surface area contributed by atoms with Gasteiger partial charge in [-0.25, -0.2) is 0 Å². The Morgan fingerprint density at radius 3 is 2.62 bits per heavy atom. The van der Waals surface area contributed by atoms with Crippen LogP contribution >= 0.6 is 0 Å². The van der Waals surface area contributed by atoms with Crippen LogP contribution in [0.3, 0.4) is 0 Å². The lowest BCUT2D eigenvalue weighted by molar-refractivity contribution is -0.110.